The Morgan fingerprint density at radius 3 is 1.08 bits per heavy atom. The van der Waals surface area contributed by atoms with Crippen molar-refractivity contribution < 1.29 is 0 Å². The maximum Gasteiger partial charge on any atom is 0.188 e. The average molecular weight is 935 g/mol. The fourth-order valence-electron chi connectivity index (χ4n) is 6.10. The lowest BCUT2D eigenvalue weighted by molar-refractivity contribution is 1.28. The van der Waals surface area contributed by atoms with Crippen LogP contribution in [0.3, 0.4) is 0 Å². The number of nitrogens with zero attached hydrogens (tertiary/aromatic N) is 8. The Morgan fingerprint density at radius 1 is 0.318 bits per heavy atom. The van der Waals surface area contributed by atoms with Gasteiger partial charge < -0.3 is 21.3 Å². The summed E-state index contributed by atoms with van der Waals surface area (Å²) in [5.74, 6) is 1.57. The van der Waals surface area contributed by atoms with Gasteiger partial charge in [0.2, 0.25) is 0 Å². The summed E-state index contributed by atoms with van der Waals surface area (Å²) in [6, 6.07) is 47.8. The maximum absolute atomic E-state index is 4.71. The van der Waals surface area contributed by atoms with E-state index in [1.807, 2.05) is 125 Å². The van der Waals surface area contributed by atoms with E-state index in [4.69, 9.17) is 9.97 Å². The van der Waals surface area contributed by atoms with Crippen LogP contribution in [0, 0.1) is 0 Å². The number of aromatic nitrogens is 8. The second-order valence-corrected chi connectivity index (χ2v) is 17.3. The molecule has 0 saturated heterocycles. The summed E-state index contributed by atoms with van der Waals surface area (Å²) >= 11 is 6.25. The van der Waals surface area contributed by atoms with Gasteiger partial charge in [-0.25, -0.2) is 29.9 Å². The Balaban J connectivity index is 0.000000147. The van der Waals surface area contributed by atoms with Gasteiger partial charge in [-0.15, -0.1) is 45.3 Å². The molecule has 0 spiro atoms. The van der Waals surface area contributed by atoms with E-state index in [0.717, 1.165) is 88.6 Å². The highest BCUT2D eigenvalue weighted by atomic mass is 32.1. The van der Waals surface area contributed by atoms with E-state index < -0.39 is 0 Å². The minimum absolute atomic E-state index is 0.785. The topological polar surface area (TPSA) is 151 Å². The number of benzene rings is 3. The fraction of sp³-hybridized carbons (Fsp3) is 0. The van der Waals surface area contributed by atoms with Crippen LogP contribution in [0.1, 0.15) is 0 Å². The van der Waals surface area contributed by atoms with Crippen molar-refractivity contribution in [3.63, 3.8) is 0 Å². The molecular formula is C50H38N12S4. The molecule has 11 rings (SSSR count). The van der Waals surface area contributed by atoms with Crippen LogP contribution >= 0.6 is 45.3 Å². The summed E-state index contributed by atoms with van der Waals surface area (Å²) in [4.78, 5) is 35.5. The Labute approximate surface area is 397 Å². The van der Waals surface area contributed by atoms with Crippen molar-refractivity contribution in [3.8, 4) is 45.0 Å². The van der Waals surface area contributed by atoms with Crippen LogP contribution in [0.2, 0.25) is 0 Å². The molecule has 16 heteroatoms. The molecule has 0 amide bonds. The molecular weight excluding hydrogens is 897 g/mol. The predicted molar refractivity (Wildman–Crippen MR) is 274 cm³/mol. The molecule has 0 fully saturated rings. The van der Waals surface area contributed by atoms with E-state index in [1.165, 1.54) is 0 Å². The maximum atomic E-state index is 4.71. The van der Waals surface area contributed by atoms with Crippen molar-refractivity contribution >= 4 is 88.9 Å². The zero-order chi connectivity index (χ0) is 44.6. The van der Waals surface area contributed by atoms with Gasteiger partial charge in [-0.2, -0.15) is 0 Å². The van der Waals surface area contributed by atoms with E-state index in [0.29, 0.717) is 0 Å². The summed E-state index contributed by atoms with van der Waals surface area (Å²) in [6.07, 6.45) is 10.6. The number of hydrogen-bond donors (Lipinski definition) is 4. The number of nitrogens with one attached hydrogen (secondary N) is 4. The standard InChI is InChI=1S/2C22H16N6S2.C6H6/c1-4-15(19-13-29-21(27-19)25-17-6-2-8-23-11-17)10-16(5-1)20-14-30-22(28-20)26-18-7-3-9-24-12-18;1-3-11-23-19(5-1)27-21-25-17(13-29-21)15-7-9-16(10-8-15)18-14-30-22(26-18)28-20-6-2-4-12-24-20;1-2-4-6-5-3-1/h1-14H,(H,25,27)(H,26,28);1-14H,(H,23,25,27)(H,24,26,28);1-6H. The van der Waals surface area contributed by atoms with Gasteiger partial charge in [0.25, 0.3) is 0 Å². The van der Waals surface area contributed by atoms with Gasteiger partial charge in [0, 0.05) is 68.6 Å². The average Bonchev–Trinajstić information content (AvgIpc) is 4.24. The highest BCUT2D eigenvalue weighted by molar-refractivity contribution is 7.15. The molecule has 8 heterocycles. The van der Waals surface area contributed by atoms with Crippen molar-refractivity contribution in [2.24, 2.45) is 0 Å². The lowest BCUT2D eigenvalue weighted by Gasteiger charge is -2.03. The largest absolute Gasteiger partial charge is 0.330 e. The molecule has 0 atom stereocenters. The molecule has 0 radical (unpaired) electrons. The molecule has 0 aliphatic heterocycles. The lowest BCUT2D eigenvalue weighted by Crippen LogP contribution is -1.92. The summed E-state index contributed by atoms with van der Waals surface area (Å²) in [5, 5.41) is 24.5. The number of thiazole rings is 4. The Bertz CT molecular complexity index is 2930. The van der Waals surface area contributed by atoms with Gasteiger partial charge in [-0.1, -0.05) is 91.0 Å². The third-order valence-electron chi connectivity index (χ3n) is 9.24. The second kappa shape index (κ2) is 22.1. The van der Waals surface area contributed by atoms with Crippen LogP contribution in [0.5, 0.6) is 0 Å². The van der Waals surface area contributed by atoms with Crippen molar-refractivity contribution in [2.45, 2.75) is 0 Å². The number of rotatable bonds is 12. The number of pyridine rings is 4. The van der Waals surface area contributed by atoms with Gasteiger partial charge in [0.15, 0.2) is 20.5 Å². The molecule has 4 N–H and O–H groups in total. The summed E-state index contributed by atoms with van der Waals surface area (Å²) in [6.45, 7) is 0. The zero-order valence-electron chi connectivity index (χ0n) is 34.8. The van der Waals surface area contributed by atoms with Crippen molar-refractivity contribution in [2.75, 3.05) is 21.3 Å². The van der Waals surface area contributed by atoms with Crippen molar-refractivity contribution in [1.29, 1.82) is 0 Å². The monoisotopic (exact) mass is 934 g/mol. The Kier molecular flexibility index (Phi) is 14.4. The van der Waals surface area contributed by atoms with Crippen LogP contribution in [0.15, 0.2) is 204 Å². The third-order valence-corrected chi connectivity index (χ3v) is 12.3. The van der Waals surface area contributed by atoms with Gasteiger partial charge in [-0.05, 0) is 54.6 Å². The second-order valence-electron chi connectivity index (χ2n) is 13.9. The molecule has 8 aromatic heterocycles. The molecule has 0 aliphatic carbocycles. The van der Waals surface area contributed by atoms with E-state index in [9.17, 15) is 0 Å². The molecule has 66 heavy (non-hydrogen) atoms. The first-order chi connectivity index (χ1) is 32.7. The van der Waals surface area contributed by atoms with Crippen LogP contribution < -0.4 is 21.3 Å². The molecule has 0 aliphatic rings. The zero-order valence-corrected chi connectivity index (χ0v) is 38.1. The molecule has 322 valence electrons. The van der Waals surface area contributed by atoms with Gasteiger partial charge in [0.05, 0.1) is 46.5 Å². The molecule has 0 bridgehead atoms. The summed E-state index contributed by atoms with van der Waals surface area (Å²) in [7, 11) is 0. The summed E-state index contributed by atoms with van der Waals surface area (Å²) in [5.41, 5.74) is 9.79. The van der Waals surface area contributed by atoms with E-state index in [-0.39, 0.29) is 0 Å². The van der Waals surface area contributed by atoms with Crippen molar-refractivity contribution in [3.05, 3.63) is 204 Å². The molecule has 12 nitrogen and oxygen atoms in total. The minimum atomic E-state index is 0.785. The number of hydrogen-bond acceptors (Lipinski definition) is 16. The molecule has 11 aromatic rings. The van der Waals surface area contributed by atoms with E-state index in [1.54, 1.807) is 82.5 Å². The molecule has 0 unspecified atom stereocenters. The smallest absolute Gasteiger partial charge is 0.188 e. The fourth-order valence-corrected chi connectivity index (χ4v) is 9.04. The van der Waals surface area contributed by atoms with Crippen LogP contribution in [0.4, 0.5) is 43.5 Å². The lowest BCUT2D eigenvalue weighted by atomic mass is 10.1. The van der Waals surface area contributed by atoms with Crippen LogP contribution in [-0.2, 0) is 0 Å². The van der Waals surface area contributed by atoms with Crippen LogP contribution in [0.25, 0.3) is 45.0 Å². The quantitative estimate of drug-likeness (QED) is 0.0923. The van der Waals surface area contributed by atoms with Gasteiger partial charge in [-0.3, -0.25) is 9.97 Å². The first kappa shape index (κ1) is 43.2. The van der Waals surface area contributed by atoms with E-state index in [2.05, 4.69) is 93.6 Å². The first-order valence-corrected chi connectivity index (χ1v) is 23.9. The van der Waals surface area contributed by atoms with E-state index >= 15 is 0 Å². The Hall–Kier alpha value is -8.02. The van der Waals surface area contributed by atoms with Crippen LogP contribution in [-0.4, -0.2) is 39.9 Å². The highest BCUT2D eigenvalue weighted by Crippen LogP contribution is 2.33. The van der Waals surface area contributed by atoms with Gasteiger partial charge in [0.1, 0.15) is 11.6 Å². The SMILES string of the molecule is c1ccc(Nc2nc(-c3ccc(-c4csc(Nc5ccccn5)n4)cc3)cs2)nc1.c1ccccc1.c1cncc(Nc2nc(-c3cccc(-c4csc(Nc5cccnc5)n4)c3)cs2)c1. The molecule has 3 aromatic carbocycles. The number of anilines is 8. The third kappa shape index (κ3) is 12.2. The van der Waals surface area contributed by atoms with Crippen molar-refractivity contribution in [1.82, 2.24) is 39.9 Å². The Morgan fingerprint density at radius 2 is 0.712 bits per heavy atom. The summed E-state index contributed by atoms with van der Waals surface area (Å²) < 4.78 is 0. The van der Waals surface area contributed by atoms with Gasteiger partial charge >= 0.3 is 0 Å². The normalized spacial score (nSPS) is 10.4. The first-order valence-electron chi connectivity index (χ1n) is 20.4. The minimum Gasteiger partial charge on any atom is -0.330 e. The molecule has 0 saturated carbocycles. The highest BCUT2D eigenvalue weighted by Gasteiger charge is 2.11. The predicted octanol–water partition coefficient (Wildman–Crippen LogP) is 14.1.